The first-order valence-corrected chi connectivity index (χ1v) is 6.17. The van der Waals surface area contributed by atoms with Crippen molar-refractivity contribution in [2.75, 3.05) is 6.54 Å². The van der Waals surface area contributed by atoms with Crippen LogP contribution in [0.2, 0.25) is 0 Å². The maximum atomic E-state index is 5.92. The molecule has 2 aromatic heterocycles. The van der Waals surface area contributed by atoms with Crippen LogP contribution in [-0.2, 0) is 6.42 Å². The fraction of sp³-hybridized carbons (Fsp3) is 0.200. The molecule has 0 bridgehead atoms. The van der Waals surface area contributed by atoms with Gasteiger partial charge in [-0.25, -0.2) is 0 Å². The molecule has 1 aromatic carbocycles. The second kappa shape index (κ2) is 4.70. The monoisotopic (exact) mass is 240 g/mol. The van der Waals surface area contributed by atoms with Crippen molar-refractivity contribution in [3.63, 3.8) is 0 Å². The molecule has 0 saturated heterocycles. The van der Waals surface area contributed by atoms with E-state index in [9.17, 15) is 0 Å². The van der Waals surface area contributed by atoms with Crippen molar-refractivity contribution in [2.24, 2.45) is 5.73 Å². The molecule has 3 rings (SSSR count). The van der Waals surface area contributed by atoms with Crippen molar-refractivity contribution in [1.29, 1.82) is 0 Å². The third kappa shape index (κ3) is 1.93. The second-order valence-corrected chi connectivity index (χ2v) is 4.51. The van der Waals surface area contributed by atoms with E-state index < -0.39 is 0 Å². The maximum Gasteiger partial charge on any atom is 0.104 e. The molecule has 0 radical (unpaired) electrons. The van der Waals surface area contributed by atoms with E-state index in [4.69, 9.17) is 10.2 Å². The van der Waals surface area contributed by atoms with E-state index in [1.165, 1.54) is 10.9 Å². The Morgan fingerprint density at radius 3 is 2.83 bits per heavy atom. The van der Waals surface area contributed by atoms with Gasteiger partial charge < -0.3 is 15.1 Å². The van der Waals surface area contributed by atoms with Crippen molar-refractivity contribution in [3.8, 4) is 0 Å². The number of nitrogens with one attached hydrogen (secondary N) is 1. The van der Waals surface area contributed by atoms with E-state index >= 15 is 0 Å². The zero-order valence-electron chi connectivity index (χ0n) is 10.1. The number of H-pyrrole nitrogens is 1. The highest BCUT2D eigenvalue weighted by molar-refractivity contribution is 5.83. The Kier molecular flexibility index (Phi) is 2.90. The number of para-hydroxylation sites is 1. The maximum absolute atomic E-state index is 5.92. The second-order valence-electron chi connectivity index (χ2n) is 4.51. The van der Waals surface area contributed by atoms with Crippen LogP contribution in [0.5, 0.6) is 0 Å². The van der Waals surface area contributed by atoms with Gasteiger partial charge in [0.2, 0.25) is 0 Å². The number of nitrogens with two attached hydrogens (primary N) is 1. The SMILES string of the molecule is NCC(Cc1ccco1)c1c[nH]c2ccccc12. The molecule has 0 amide bonds. The van der Waals surface area contributed by atoms with Crippen molar-refractivity contribution < 1.29 is 4.42 Å². The van der Waals surface area contributed by atoms with Crippen LogP contribution >= 0.6 is 0 Å². The Hall–Kier alpha value is -2.00. The van der Waals surface area contributed by atoms with Crippen LogP contribution in [0.3, 0.4) is 0 Å². The van der Waals surface area contributed by atoms with Gasteiger partial charge in [-0.1, -0.05) is 18.2 Å². The normalized spacial score (nSPS) is 12.9. The van der Waals surface area contributed by atoms with Gasteiger partial charge in [0.15, 0.2) is 0 Å². The predicted molar refractivity (Wildman–Crippen MR) is 72.5 cm³/mol. The summed E-state index contributed by atoms with van der Waals surface area (Å²) in [5, 5.41) is 1.25. The highest BCUT2D eigenvalue weighted by atomic mass is 16.3. The Morgan fingerprint density at radius 2 is 2.06 bits per heavy atom. The number of hydrogen-bond donors (Lipinski definition) is 2. The van der Waals surface area contributed by atoms with Gasteiger partial charge in [-0.05, 0) is 30.3 Å². The Morgan fingerprint density at radius 1 is 1.17 bits per heavy atom. The lowest BCUT2D eigenvalue weighted by molar-refractivity contribution is 0.487. The molecule has 0 spiro atoms. The number of hydrogen-bond acceptors (Lipinski definition) is 2. The molecule has 2 heterocycles. The molecule has 1 atom stereocenters. The summed E-state index contributed by atoms with van der Waals surface area (Å²) in [6.07, 6.45) is 4.61. The fourth-order valence-electron chi connectivity index (χ4n) is 2.42. The number of fused-ring (bicyclic) bond motifs is 1. The van der Waals surface area contributed by atoms with Crippen LogP contribution < -0.4 is 5.73 Å². The van der Waals surface area contributed by atoms with Gasteiger partial charge >= 0.3 is 0 Å². The van der Waals surface area contributed by atoms with Gasteiger partial charge in [-0.2, -0.15) is 0 Å². The van der Waals surface area contributed by atoms with Gasteiger partial charge in [-0.3, -0.25) is 0 Å². The minimum Gasteiger partial charge on any atom is -0.469 e. The molecule has 0 saturated carbocycles. The number of rotatable bonds is 4. The number of aromatic amines is 1. The van der Waals surface area contributed by atoms with Crippen molar-refractivity contribution in [2.45, 2.75) is 12.3 Å². The quantitative estimate of drug-likeness (QED) is 0.736. The van der Waals surface area contributed by atoms with E-state index in [2.05, 4.69) is 29.4 Å². The summed E-state index contributed by atoms with van der Waals surface area (Å²) in [4.78, 5) is 3.30. The van der Waals surface area contributed by atoms with E-state index in [0.29, 0.717) is 6.54 Å². The topological polar surface area (TPSA) is 54.9 Å². The van der Waals surface area contributed by atoms with E-state index in [1.807, 2.05) is 18.2 Å². The lowest BCUT2D eigenvalue weighted by atomic mass is 9.94. The Balaban J connectivity index is 1.96. The highest BCUT2D eigenvalue weighted by Gasteiger charge is 2.16. The lowest BCUT2D eigenvalue weighted by Gasteiger charge is -2.12. The average molecular weight is 240 g/mol. The average Bonchev–Trinajstić information content (AvgIpc) is 3.05. The summed E-state index contributed by atoms with van der Waals surface area (Å²) in [7, 11) is 0. The zero-order chi connectivity index (χ0) is 12.4. The molecule has 92 valence electrons. The summed E-state index contributed by atoms with van der Waals surface area (Å²) in [6.45, 7) is 0.614. The third-order valence-corrected chi connectivity index (χ3v) is 3.37. The summed E-state index contributed by atoms with van der Waals surface area (Å²) in [5.74, 6) is 1.27. The van der Waals surface area contributed by atoms with Crippen LogP contribution in [0.4, 0.5) is 0 Å². The number of furan rings is 1. The number of benzene rings is 1. The minimum absolute atomic E-state index is 0.285. The van der Waals surface area contributed by atoms with Crippen molar-refractivity contribution in [1.82, 2.24) is 4.98 Å². The third-order valence-electron chi connectivity index (χ3n) is 3.37. The standard InChI is InChI=1S/C15H16N2O/c16-9-11(8-12-4-3-7-18-12)14-10-17-15-6-2-1-5-13(14)15/h1-7,10-11,17H,8-9,16H2. The van der Waals surface area contributed by atoms with Gasteiger partial charge in [0.1, 0.15) is 5.76 Å². The molecule has 0 aliphatic carbocycles. The molecule has 0 aliphatic rings. The molecule has 3 nitrogen and oxygen atoms in total. The smallest absolute Gasteiger partial charge is 0.104 e. The zero-order valence-corrected chi connectivity index (χ0v) is 10.1. The van der Waals surface area contributed by atoms with Gasteiger partial charge in [0.25, 0.3) is 0 Å². The molecule has 18 heavy (non-hydrogen) atoms. The fourth-order valence-corrected chi connectivity index (χ4v) is 2.42. The van der Waals surface area contributed by atoms with Crippen LogP contribution in [-0.4, -0.2) is 11.5 Å². The summed E-state index contributed by atoms with van der Waals surface area (Å²) >= 11 is 0. The molecule has 3 aromatic rings. The summed E-state index contributed by atoms with van der Waals surface area (Å²) in [6, 6.07) is 12.2. The molecule has 3 N–H and O–H groups in total. The molecule has 3 heteroatoms. The highest BCUT2D eigenvalue weighted by Crippen LogP contribution is 2.27. The van der Waals surface area contributed by atoms with E-state index in [-0.39, 0.29) is 5.92 Å². The molecular weight excluding hydrogens is 224 g/mol. The van der Waals surface area contributed by atoms with Crippen molar-refractivity contribution in [3.05, 3.63) is 60.2 Å². The van der Waals surface area contributed by atoms with Crippen LogP contribution in [0.15, 0.2) is 53.3 Å². The summed E-state index contributed by atoms with van der Waals surface area (Å²) < 4.78 is 5.41. The van der Waals surface area contributed by atoms with Crippen LogP contribution in [0.25, 0.3) is 10.9 Å². The van der Waals surface area contributed by atoms with Crippen LogP contribution in [0, 0.1) is 0 Å². The number of aromatic nitrogens is 1. The summed E-state index contributed by atoms with van der Waals surface area (Å²) in [5.41, 5.74) is 8.34. The van der Waals surface area contributed by atoms with E-state index in [0.717, 1.165) is 17.7 Å². The van der Waals surface area contributed by atoms with Gasteiger partial charge in [-0.15, -0.1) is 0 Å². The van der Waals surface area contributed by atoms with Crippen LogP contribution in [0.1, 0.15) is 17.2 Å². The first-order valence-electron chi connectivity index (χ1n) is 6.17. The largest absolute Gasteiger partial charge is 0.469 e. The Labute approximate surface area is 106 Å². The predicted octanol–water partition coefficient (Wildman–Crippen LogP) is 3.05. The first-order chi connectivity index (χ1) is 8.88. The lowest BCUT2D eigenvalue weighted by Crippen LogP contribution is -2.14. The minimum atomic E-state index is 0.285. The molecule has 1 unspecified atom stereocenters. The van der Waals surface area contributed by atoms with E-state index in [1.54, 1.807) is 6.26 Å². The first kappa shape index (κ1) is 11.1. The molecular formula is C15H16N2O. The van der Waals surface area contributed by atoms with Gasteiger partial charge in [0, 0.05) is 29.4 Å². The van der Waals surface area contributed by atoms with Gasteiger partial charge in [0.05, 0.1) is 6.26 Å². The molecule has 0 fully saturated rings. The molecule has 0 aliphatic heterocycles. The van der Waals surface area contributed by atoms with Crippen molar-refractivity contribution >= 4 is 10.9 Å². The Bertz CT molecular complexity index is 625.